The number of amides is 2. The molecular weight excluding hydrogens is 402 g/mol. The third-order valence-corrected chi connectivity index (χ3v) is 6.60. The quantitative estimate of drug-likeness (QED) is 0.691. The molecule has 2 saturated heterocycles. The Labute approximate surface area is 190 Å². The summed E-state index contributed by atoms with van der Waals surface area (Å²) in [5.41, 5.74) is 2.27. The molecule has 6 heteroatoms. The van der Waals surface area contributed by atoms with Crippen molar-refractivity contribution < 1.29 is 14.3 Å². The fraction of sp³-hybridized carbons (Fsp3) is 0.462. The SMILES string of the molecule is COc1ccc(C(CNC(=O)C2CC(=O)N(Cc3ccccc3)C2)N2CCCCC2)cc1. The van der Waals surface area contributed by atoms with Crippen LogP contribution in [-0.2, 0) is 16.1 Å². The van der Waals surface area contributed by atoms with Crippen LogP contribution in [0.1, 0.15) is 42.9 Å². The van der Waals surface area contributed by atoms with Gasteiger partial charge in [-0.1, -0.05) is 48.9 Å². The van der Waals surface area contributed by atoms with E-state index in [9.17, 15) is 9.59 Å². The maximum Gasteiger partial charge on any atom is 0.225 e. The fourth-order valence-electron chi connectivity index (χ4n) is 4.76. The van der Waals surface area contributed by atoms with E-state index in [4.69, 9.17) is 4.74 Å². The molecule has 0 radical (unpaired) electrons. The van der Waals surface area contributed by atoms with Crippen LogP contribution in [0.4, 0.5) is 0 Å². The Balaban J connectivity index is 1.37. The van der Waals surface area contributed by atoms with Crippen molar-refractivity contribution in [1.82, 2.24) is 15.1 Å². The average Bonchev–Trinajstić information content (AvgIpc) is 3.21. The standard InChI is InChI=1S/C26H33N3O3/c1-32-23-12-10-21(11-13-23)24(28-14-6-3-7-15-28)17-27-26(31)22-16-25(30)29(19-22)18-20-8-4-2-5-9-20/h2,4-5,8-13,22,24H,3,6-7,14-19H2,1H3,(H,27,31). The van der Waals surface area contributed by atoms with Crippen LogP contribution in [0.2, 0.25) is 0 Å². The van der Waals surface area contributed by atoms with E-state index in [1.807, 2.05) is 42.5 Å². The predicted molar refractivity (Wildman–Crippen MR) is 124 cm³/mol. The Kier molecular flexibility index (Phi) is 7.43. The lowest BCUT2D eigenvalue weighted by Crippen LogP contribution is -2.42. The highest BCUT2D eigenvalue weighted by molar-refractivity contribution is 5.89. The van der Waals surface area contributed by atoms with Crippen molar-refractivity contribution in [2.45, 2.75) is 38.3 Å². The first-order chi connectivity index (χ1) is 15.6. The maximum absolute atomic E-state index is 13.0. The summed E-state index contributed by atoms with van der Waals surface area (Å²) >= 11 is 0. The number of benzene rings is 2. The smallest absolute Gasteiger partial charge is 0.225 e. The molecule has 2 amide bonds. The molecular formula is C26H33N3O3. The number of likely N-dealkylation sites (tertiary alicyclic amines) is 2. The zero-order chi connectivity index (χ0) is 22.3. The van der Waals surface area contributed by atoms with Crippen molar-refractivity contribution in [2.24, 2.45) is 5.92 Å². The molecule has 0 saturated carbocycles. The summed E-state index contributed by atoms with van der Waals surface area (Å²) in [6.07, 6.45) is 3.92. The van der Waals surface area contributed by atoms with E-state index in [0.717, 1.165) is 24.4 Å². The van der Waals surface area contributed by atoms with Crippen LogP contribution in [0, 0.1) is 5.92 Å². The van der Waals surface area contributed by atoms with Crippen LogP contribution < -0.4 is 10.1 Å². The Morgan fingerprint density at radius 1 is 1.06 bits per heavy atom. The molecule has 6 nitrogen and oxygen atoms in total. The molecule has 2 fully saturated rings. The minimum atomic E-state index is -0.288. The Bertz CT molecular complexity index is 894. The highest BCUT2D eigenvalue weighted by Gasteiger charge is 2.34. The van der Waals surface area contributed by atoms with Gasteiger partial charge in [0.2, 0.25) is 11.8 Å². The number of methoxy groups -OCH3 is 1. The summed E-state index contributed by atoms with van der Waals surface area (Å²) < 4.78 is 5.30. The van der Waals surface area contributed by atoms with Crippen molar-refractivity contribution in [3.8, 4) is 5.75 Å². The number of carbonyl (C=O) groups is 2. The number of piperidine rings is 1. The predicted octanol–water partition coefficient (Wildman–Crippen LogP) is 3.39. The summed E-state index contributed by atoms with van der Waals surface area (Å²) in [4.78, 5) is 29.7. The molecule has 170 valence electrons. The highest BCUT2D eigenvalue weighted by atomic mass is 16.5. The van der Waals surface area contributed by atoms with E-state index in [2.05, 4.69) is 22.3 Å². The molecule has 2 aromatic rings. The lowest BCUT2D eigenvalue weighted by atomic mass is 10.0. The van der Waals surface area contributed by atoms with Gasteiger partial charge < -0.3 is 15.0 Å². The molecule has 2 atom stereocenters. The van der Waals surface area contributed by atoms with E-state index < -0.39 is 0 Å². The molecule has 2 aliphatic heterocycles. The fourth-order valence-corrected chi connectivity index (χ4v) is 4.76. The third-order valence-electron chi connectivity index (χ3n) is 6.60. The molecule has 0 spiro atoms. The van der Waals surface area contributed by atoms with Gasteiger partial charge >= 0.3 is 0 Å². The number of ether oxygens (including phenoxy) is 1. The van der Waals surface area contributed by atoms with Crippen LogP contribution in [0.25, 0.3) is 0 Å². The first kappa shape index (κ1) is 22.3. The first-order valence-electron chi connectivity index (χ1n) is 11.6. The minimum absolute atomic E-state index is 0.0237. The molecule has 2 aromatic carbocycles. The Morgan fingerprint density at radius 3 is 2.47 bits per heavy atom. The summed E-state index contributed by atoms with van der Waals surface area (Å²) in [6, 6.07) is 18.2. The number of nitrogens with zero attached hydrogens (tertiary/aromatic N) is 2. The van der Waals surface area contributed by atoms with Gasteiger partial charge in [-0.15, -0.1) is 0 Å². The van der Waals surface area contributed by atoms with Gasteiger partial charge in [-0.2, -0.15) is 0 Å². The Hall–Kier alpha value is -2.86. The van der Waals surface area contributed by atoms with Crippen LogP contribution in [0.3, 0.4) is 0 Å². The zero-order valence-electron chi connectivity index (χ0n) is 18.8. The number of carbonyl (C=O) groups excluding carboxylic acids is 2. The number of rotatable bonds is 8. The topological polar surface area (TPSA) is 61.9 Å². The molecule has 0 bridgehead atoms. The normalized spacial score (nSPS) is 20.2. The number of hydrogen-bond acceptors (Lipinski definition) is 4. The second kappa shape index (κ2) is 10.6. The van der Waals surface area contributed by atoms with Crippen LogP contribution in [0.5, 0.6) is 5.75 Å². The second-order valence-electron chi connectivity index (χ2n) is 8.79. The molecule has 32 heavy (non-hydrogen) atoms. The average molecular weight is 436 g/mol. The lowest BCUT2D eigenvalue weighted by Gasteiger charge is -2.35. The van der Waals surface area contributed by atoms with E-state index in [1.54, 1.807) is 12.0 Å². The zero-order valence-corrected chi connectivity index (χ0v) is 18.8. The van der Waals surface area contributed by atoms with Crippen molar-refractivity contribution in [2.75, 3.05) is 33.3 Å². The second-order valence-corrected chi connectivity index (χ2v) is 8.79. The van der Waals surface area contributed by atoms with Gasteiger partial charge in [0.25, 0.3) is 0 Å². The van der Waals surface area contributed by atoms with Gasteiger partial charge in [0.1, 0.15) is 5.75 Å². The molecule has 2 aliphatic rings. The molecule has 0 aliphatic carbocycles. The number of nitrogens with one attached hydrogen (secondary N) is 1. The highest BCUT2D eigenvalue weighted by Crippen LogP contribution is 2.26. The first-order valence-corrected chi connectivity index (χ1v) is 11.6. The van der Waals surface area contributed by atoms with Gasteiger partial charge in [-0.3, -0.25) is 14.5 Å². The van der Waals surface area contributed by atoms with Gasteiger partial charge in [0.05, 0.1) is 19.1 Å². The van der Waals surface area contributed by atoms with E-state index in [0.29, 0.717) is 19.6 Å². The van der Waals surface area contributed by atoms with Crippen molar-refractivity contribution >= 4 is 11.8 Å². The number of hydrogen-bond donors (Lipinski definition) is 1. The van der Waals surface area contributed by atoms with Crippen LogP contribution >= 0.6 is 0 Å². The van der Waals surface area contributed by atoms with Gasteiger partial charge in [0.15, 0.2) is 0 Å². The van der Waals surface area contributed by atoms with E-state index in [-0.39, 0.29) is 30.2 Å². The molecule has 2 heterocycles. The minimum Gasteiger partial charge on any atom is -0.497 e. The Morgan fingerprint density at radius 2 is 1.78 bits per heavy atom. The maximum atomic E-state index is 13.0. The van der Waals surface area contributed by atoms with Gasteiger partial charge in [0, 0.05) is 26.1 Å². The third kappa shape index (κ3) is 5.49. The summed E-state index contributed by atoms with van der Waals surface area (Å²) in [7, 11) is 1.67. The summed E-state index contributed by atoms with van der Waals surface area (Å²) in [5.74, 6) is 0.573. The van der Waals surface area contributed by atoms with Gasteiger partial charge in [-0.05, 0) is 49.2 Å². The van der Waals surface area contributed by atoms with Gasteiger partial charge in [-0.25, -0.2) is 0 Å². The molecule has 0 aromatic heterocycles. The lowest BCUT2D eigenvalue weighted by molar-refractivity contribution is -0.129. The van der Waals surface area contributed by atoms with Crippen molar-refractivity contribution in [1.29, 1.82) is 0 Å². The molecule has 1 N–H and O–H groups in total. The van der Waals surface area contributed by atoms with Crippen LogP contribution in [0.15, 0.2) is 54.6 Å². The van der Waals surface area contributed by atoms with E-state index in [1.165, 1.54) is 24.8 Å². The monoisotopic (exact) mass is 435 g/mol. The largest absolute Gasteiger partial charge is 0.497 e. The molecule has 2 unspecified atom stereocenters. The van der Waals surface area contributed by atoms with Crippen molar-refractivity contribution in [3.63, 3.8) is 0 Å². The summed E-state index contributed by atoms with van der Waals surface area (Å²) in [5, 5.41) is 3.16. The summed E-state index contributed by atoms with van der Waals surface area (Å²) in [6.45, 7) is 3.68. The molecule has 4 rings (SSSR count). The van der Waals surface area contributed by atoms with Crippen molar-refractivity contribution in [3.05, 3.63) is 65.7 Å². The van der Waals surface area contributed by atoms with E-state index >= 15 is 0 Å². The van der Waals surface area contributed by atoms with Crippen LogP contribution in [-0.4, -0.2) is 54.9 Å².